The van der Waals surface area contributed by atoms with E-state index < -0.39 is 0 Å². The minimum absolute atomic E-state index is 0.0992. The maximum absolute atomic E-state index is 10.9. The second-order valence-corrected chi connectivity index (χ2v) is 3.55. The molecule has 2 aromatic heterocycles. The topological polar surface area (TPSA) is 48.0 Å². The van der Waals surface area contributed by atoms with E-state index in [9.17, 15) is 4.79 Å². The van der Waals surface area contributed by atoms with Crippen molar-refractivity contribution in [3.05, 3.63) is 30.3 Å². The Morgan fingerprint density at radius 3 is 2.93 bits per heavy atom. The lowest BCUT2D eigenvalue weighted by molar-refractivity contribution is -0.116. The molecule has 0 radical (unpaired) electrons. The molecule has 0 aliphatic rings. The number of rotatable bonds is 3. The van der Waals surface area contributed by atoms with Gasteiger partial charge in [-0.15, -0.1) is 0 Å². The maximum atomic E-state index is 10.9. The standard InChI is InChI=1S/C11H12N2O2/c1-8(14)5-10-3-4-11(15-10)9-6-12-13(2)7-9/h3-4,6-7H,5H2,1-2H3. The van der Waals surface area contributed by atoms with Gasteiger partial charge in [0.05, 0.1) is 18.2 Å². The lowest BCUT2D eigenvalue weighted by Crippen LogP contribution is -1.93. The average molecular weight is 204 g/mol. The van der Waals surface area contributed by atoms with Crippen molar-refractivity contribution in [1.29, 1.82) is 0 Å². The van der Waals surface area contributed by atoms with Crippen LogP contribution in [0.25, 0.3) is 11.3 Å². The van der Waals surface area contributed by atoms with Crippen LogP contribution in [-0.2, 0) is 18.3 Å². The summed E-state index contributed by atoms with van der Waals surface area (Å²) in [6, 6.07) is 3.68. The van der Waals surface area contributed by atoms with Crippen LogP contribution >= 0.6 is 0 Å². The number of nitrogens with zero attached hydrogens (tertiary/aromatic N) is 2. The number of furan rings is 1. The van der Waals surface area contributed by atoms with Gasteiger partial charge in [-0.1, -0.05) is 0 Å². The number of Topliss-reactive ketones (excluding diaryl/α,β-unsaturated/α-hetero) is 1. The normalized spacial score (nSPS) is 10.5. The molecule has 0 aliphatic heterocycles. The molecule has 0 bridgehead atoms. The minimum atomic E-state index is 0.0992. The van der Waals surface area contributed by atoms with Gasteiger partial charge in [0.2, 0.25) is 0 Å². The summed E-state index contributed by atoms with van der Waals surface area (Å²) in [6.45, 7) is 1.55. The SMILES string of the molecule is CC(=O)Cc1ccc(-c2cnn(C)c2)o1. The summed E-state index contributed by atoms with van der Waals surface area (Å²) >= 11 is 0. The highest BCUT2D eigenvalue weighted by Gasteiger charge is 2.07. The first-order chi connectivity index (χ1) is 7.15. The fourth-order valence-corrected chi connectivity index (χ4v) is 1.42. The quantitative estimate of drug-likeness (QED) is 0.766. The van der Waals surface area contributed by atoms with E-state index in [-0.39, 0.29) is 5.78 Å². The molecule has 0 saturated heterocycles. The Balaban J connectivity index is 2.23. The monoisotopic (exact) mass is 204 g/mol. The number of carbonyl (C=O) groups excluding carboxylic acids is 1. The lowest BCUT2D eigenvalue weighted by Gasteiger charge is -1.91. The highest BCUT2D eigenvalue weighted by molar-refractivity contribution is 5.77. The van der Waals surface area contributed by atoms with Gasteiger partial charge in [-0.2, -0.15) is 5.10 Å². The molecular formula is C11H12N2O2. The van der Waals surface area contributed by atoms with Gasteiger partial charge >= 0.3 is 0 Å². The molecule has 0 unspecified atom stereocenters. The summed E-state index contributed by atoms with van der Waals surface area (Å²) in [4.78, 5) is 10.9. The molecule has 0 aliphatic carbocycles. The Labute approximate surface area is 87.5 Å². The predicted octanol–water partition coefficient (Wildman–Crippen LogP) is 1.81. The van der Waals surface area contributed by atoms with Gasteiger partial charge < -0.3 is 4.42 Å². The predicted molar refractivity (Wildman–Crippen MR) is 55.3 cm³/mol. The van der Waals surface area contributed by atoms with Crippen molar-refractivity contribution in [3.63, 3.8) is 0 Å². The molecule has 0 spiro atoms. The molecule has 4 heteroatoms. The second-order valence-electron chi connectivity index (χ2n) is 3.55. The van der Waals surface area contributed by atoms with E-state index in [4.69, 9.17) is 4.42 Å². The molecular weight excluding hydrogens is 192 g/mol. The zero-order chi connectivity index (χ0) is 10.8. The molecule has 2 rings (SSSR count). The first kappa shape index (κ1) is 9.71. The van der Waals surface area contributed by atoms with Gasteiger partial charge in [-0.3, -0.25) is 9.48 Å². The second kappa shape index (κ2) is 3.73. The third-order valence-corrected chi connectivity index (χ3v) is 2.07. The van der Waals surface area contributed by atoms with Gasteiger partial charge in [-0.05, 0) is 19.1 Å². The molecule has 0 amide bonds. The third kappa shape index (κ3) is 2.15. The molecule has 2 heterocycles. The highest BCUT2D eigenvalue weighted by Crippen LogP contribution is 2.21. The van der Waals surface area contributed by atoms with Gasteiger partial charge in [0.1, 0.15) is 17.3 Å². The van der Waals surface area contributed by atoms with Crippen molar-refractivity contribution in [2.75, 3.05) is 0 Å². The van der Waals surface area contributed by atoms with Crippen LogP contribution in [0.2, 0.25) is 0 Å². The van der Waals surface area contributed by atoms with Crippen LogP contribution in [0.3, 0.4) is 0 Å². The molecule has 0 fully saturated rings. The van der Waals surface area contributed by atoms with E-state index in [1.165, 1.54) is 0 Å². The minimum Gasteiger partial charge on any atom is -0.461 e. The number of hydrogen-bond donors (Lipinski definition) is 0. The summed E-state index contributed by atoms with van der Waals surface area (Å²) in [5.41, 5.74) is 0.923. The van der Waals surface area contributed by atoms with Crippen LogP contribution in [0.4, 0.5) is 0 Å². The largest absolute Gasteiger partial charge is 0.461 e. The van der Waals surface area contributed by atoms with E-state index >= 15 is 0 Å². The lowest BCUT2D eigenvalue weighted by atomic mass is 10.2. The van der Waals surface area contributed by atoms with Crippen LogP contribution in [0, 0.1) is 0 Å². The fourth-order valence-electron chi connectivity index (χ4n) is 1.42. The Morgan fingerprint density at radius 1 is 1.53 bits per heavy atom. The van der Waals surface area contributed by atoms with E-state index in [1.54, 1.807) is 17.8 Å². The van der Waals surface area contributed by atoms with E-state index in [0.717, 1.165) is 11.3 Å². The number of aryl methyl sites for hydroxylation is 1. The van der Waals surface area contributed by atoms with Crippen molar-refractivity contribution in [2.45, 2.75) is 13.3 Å². The third-order valence-electron chi connectivity index (χ3n) is 2.07. The smallest absolute Gasteiger partial charge is 0.137 e. The summed E-state index contributed by atoms with van der Waals surface area (Å²) < 4.78 is 7.23. The van der Waals surface area contributed by atoms with Crippen molar-refractivity contribution >= 4 is 5.78 Å². The number of carbonyl (C=O) groups is 1. The summed E-state index contributed by atoms with van der Waals surface area (Å²) in [5, 5.41) is 4.05. The molecule has 0 aromatic carbocycles. The maximum Gasteiger partial charge on any atom is 0.137 e. The Morgan fingerprint density at radius 2 is 2.33 bits per heavy atom. The fraction of sp³-hybridized carbons (Fsp3) is 0.273. The van der Waals surface area contributed by atoms with Crippen LogP contribution in [0.1, 0.15) is 12.7 Å². The summed E-state index contributed by atoms with van der Waals surface area (Å²) in [6.07, 6.45) is 3.95. The van der Waals surface area contributed by atoms with Crippen LogP contribution in [-0.4, -0.2) is 15.6 Å². The number of aromatic nitrogens is 2. The summed E-state index contributed by atoms with van der Waals surface area (Å²) in [7, 11) is 1.85. The highest BCUT2D eigenvalue weighted by atomic mass is 16.3. The molecule has 4 nitrogen and oxygen atoms in total. The molecule has 2 aromatic rings. The van der Waals surface area contributed by atoms with Crippen LogP contribution < -0.4 is 0 Å². The van der Waals surface area contributed by atoms with Crippen molar-refractivity contribution < 1.29 is 9.21 Å². The zero-order valence-electron chi connectivity index (χ0n) is 8.73. The van der Waals surface area contributed by atoms with Gasteiger partial charge in [-0.25, -0.2) is 0 Å². The zero-order valence-corrected chi connectivity index (χ0v) is 8.73. The first-order valence-corrected chi connectivity index (χ1v) is 4.72. The molecule has 15 heavy (non-hydrogen) atoms. The Kier molecular flexibility index (Phi) is 2.41. The molecule has 0 N–H and O–H groups in total. The van der Waals surface area contributed by atoms with Crippen molar-refractivity contribution in [3.8, 4) is 11.3 Å². The van der Waals surface area contributed by atoms with Crippen LogP contribution in [0.15, 0.2) is 28.9 Å². The van der Waals surface area contributed by atoms with Crippen LogP contribution in [0.5, 0.6) is 0 Å². The Hall–Kier alpha value is -1.84. The first-order valence-electron chi connectivity index (χ1n) is 4.72. The van der Waals surface area contributed by atoms with E-state index in [1.807, 2.05) is 25.4 Å². The molecule has 0 atom stereocenters. The number of hydrogen-bond acceptors (Lipinski definition) is 3. The molecule has 0 saturated carbocycles. The van der Waals surface area contributed by atoms with Gasteiger partial charge in [0.25, 0.3) is 0 Å². The van der Waals surface area contributed by atoms with E-state index in [0.29, 0.717) is 12.2 Å². The average Bonchev–Trinajstić information content (AvgIpc) is 2.72. The van der Waals surface area contributed by atoms with Gasteiger partial charge in [0.15, 0.2) is 0 Å². The summed E-state index contributed by atoms with van der Waals surface area (Å²) in [5.74, 6) is 1.54. The van der Waals surface area contributed by atoms with Gasteiger partial charge in [0, 0.05) is 13.2 Å². The Bertz CT molecular complexity index is 482. The molecule has 78 valence electrons. The number of ketones is 1. The van der Waals surface area contributed by atoms with Crippen molar-refractivity contribution in [1.82, 2.24) is 9.78 Å². The van der Waals surface area contributed by atoms with Crippen molar-refractivity contribution in [2.24, 2.45) is 7.05 Å². The van der Waals surface area contributed by atoms with E-state index in [2.05, 4.69) is 5.10 Å².